The molecule has 1 aromatic heterocycles. The zero-order valence-electron chi connectivity index (χ0n) is 18.7. The summed E-state index contributed by atoms with van der Waals surface area (Å²) < 4.78 is 21.7. The van der Waals surface area contributed by atoms with E-state index in [9.17, 15) is 14.7 Å². The first kappa shape index (κ1) is 24.8. The van der Waals surface area contributed by atoms with E-state index in [0.717, 1.165) is 0 Å². The van der Waals surface area contributed by atoms with Crippen LogP contribution in [0.2, 0.25) is 5.02 Å². The SMILES string of the molecule is Bc1cc(Cl)c(CN2CCC(CNC)(n3cc(C(N)=O)c(NC(=O)OC)n3)C(F)C2)cc1O. The van der Waals surface area contributed by atoms with Crippen LogP contribution >= 0.6 is 11.6 Å². The average molecular weight is 481 g/mol. The Morgan fingerprint density at radius 1 is 1.48 bits per heavy atom. The van der Waals surface area contributed by atoms with Crippen molar-refractivity contribution in [1.29, 1.82) is 0 Å². The predicted octanol–water partition coefficient (Wildman–Crippen LogP) is -0.0636. The topological polar surface area (TPSA) is 135 Å². The number of methoxy groups -OCH3 is 1. The molecule has 2 heterocycles. The largest absolute Gasteiger partial charge is 0.509 e. The minimum absolute atomic E-state index is 0.0487. The van der Waals surface area contributed by atoms with E-state index in [1.807, 2.05) is 4.90 Å². The number of aromatic hydroxyl groups is 1. The number of halogens is 2. The van der Waals surface area contributed by atoms with Crippen molar-refractivity contribution in [3.05, 3.63) is 34.5 Å². The lowest BCUT2D eigenvalue weighted by molar-refractivity contribution is 0.00564. The molecule has 0 bridgehead atoms. The minimum atomic E-state index is -1.39. The van der Waals surface area contributed by atoms with Crippen molar-refractivity contribution in [2.45, 2.75) is 24.7 Å². The van der Waals surface area contributed by atoms with Gasteiger partial charge < -0.3 is 20.9 Å². The molecule has 178 valence electrons. The maximum Gasteiger partial charge on any atom is 0.412 e. The van der Waals surface area contributed by atoms with E-state index in [0.29, 0.717) is 35.6 Å². The molecule has 33 heavy (non-hydrogen) atoms. The van der Waals surface area contributed by atoms with Crippen LogP contribution in [-0.2, 0) is 16.8 Å². The van der Waals surface area contributed by atoms with Gasteiger partial charge in [0.25, 0.3) is 5.91 Å². The van der Waals surface area contributed by atoms with Crippen LogP contribution in [-0.4, -0.2) is 79.6 Å². The summed E-state index contributed by atoms with van der Waals surface area (Å²) in [7, 11) is 4.62. The van der Waals surface area contributed by atoms with Crippen LogP contribution in [0.3, 0.4) is 0 Å². The summed E-state index contributed by atoms with van der Waals surface area (Å²) in [5, 5.41) is 20.1. The number of ether oxygens (including phenoxy) is 1. The lowest BCUT2D eigenvalue weighted by Crippen LogP contribution is -2.58. The Bertz CT molecular complexity index is 1050. The Morgan fingerprint density at radius 3 is 2.82 bits per heavy atom. The maximum absolute atomic E-state index is 15.8. The second-order valence-electron chi connectivity index (χ2n) is 8.13. The maximum atomic E-state index is 15.8. The molecule has 1 aromatic carbocycles. The van der Waals surface area contributed by atoms with Gasteiger partial charge in [-0.1, -0.05) is 11.6 Å². The molecule has 0 aliphatic carbocycles. The summed E-state index contributed by atoms with van der Waals surface area (Å²) in [5.74, 6) is -0.774. The number of primary amides is 1. The third kappa shape index (κ3) is 5.07. The van der Waals surface area contributed by atoms with Crippen molar-refractivity contribution >= 4 is 42.7 Å². The molecule has 13 heteroatoms. The zero-order chi connectivity index (χ0) is 24.3. The molecule has 10 nitrogen and oxygen atoms in total. The molecule has 1 aliphatic rings. The van der Waals surface area contributed by atoms with Crippen LogP contribution in [0.15, 0.2) is 18.3 Å². The Labute approximate surface area is 196 Å². The smallest absolute Gasteiger partial charge is 0.412 e. The van der Waals surface area contributed by atoms with E-state index >= 15 is 4.39 Å². The monoisotopic (exact) mass is 480 g/mol. The van der Waals surface area contributed by atoms with Crippen LogP contribution < -0.4 is 21.8 Å². The van der Waals surface area contributed by atoms with Gasteiger partial charge in [-0.3, -0.25) is 19.7 Å². The highest BCUT2D eigenvalue weighted by Gasteiger charge is 2.46. The van der Waals surface area contributed by atoms with Crippen molar-refractivity contribution in [3.8, 4) is 5.75 Å². The van der Waals surface area contributed by atoms with E-state index in [4.69, 9.17) is 17.3 Å². The molecule has 2 unspecified atom stereocenters. The van der Waals surface area contributed by atoms with Crippen LogP contribution in [0.5, 0.6) is 5.75 Å². The number of anilines is 1. The van der Waals surface area contributed by atoms with E-state index in [1.165, 1.54) is 18.0 Å². The van der Waals surface area contributed by atoms with Crippen LogP contribution in [0.1, 0.15) is 22.3 Å². The fraction of sp³-hybridized carbons (Fsp3) is 0.450. The number of phenols is 1. The van der Waals surface area contributed by atoms with E-state index in [-0.39, 0.29) is 30.2 Å². The van der Waals surface area contributed by atoms with Crippen molar-refractivity contribution in [2.75, 3.05) is 39.1 Å². The first-order valence-corrected chi connectivity index (χ1v) is 10.7. The summed E-state index contributed by atoms with van der Waals surface area (Å²) in [6, 6.07) is 3.27. The fourth-order valence-electron chi connectivity index (χ4n) is 4.07. The number of carbonyl (C=O) groups excluding carboxylic acids is 2. The predicted molar refractivity (Wildman–Crippen MR) is 125 cm³/mol. The van der Waals surface area contributed by atoms with E-state index in [2.05, 4.69) is 20.5 Å². The molecule has 2 atom stereocenters. The zero-order valence-corrected chi connectivity index (χ0v) is 19.4. The molecule has 2 aromatic rings. The van der Waals surface area contributed by atoms with Gasteiger partial charge in [0.2, 0.25) is 0 Å². The number of hydrogen-bond donors (Lipinski definition) is 4. The van der Waals surface area contributed by atoms with E-state index in [1.54, 1.807) is 27.0 Å². The molecular weight excluding hydrogens is 454 g/mol. The van der Waals surface area contributed by atoms with Crippen molar-refractivity contribution < 1.29 is 23.8 Å². The third-order valence-corrected chi connectivity index (χ3v) is 6.30. The number of piperidine rings is 1. The number of rotatable bonds is 7. The van der Waals surface area contributed by atoms with Gasteiger partial charge in [-0.2, -0.15) is 5.10 Å². The number of aromatic nitrogens is 2. The van der Waals surface area contributed by atoms with Gasteiger partial charge >= 0.3 is 6.09 Å². The molecule has 2 amide bonds. The number of benzene rings is 1. The highest BCUT2D eigenvalue weighted by atomic mass is 35.5. The summed E-state index contributed by atoms with van der Waals surface area (Å²) in [6.45, 7) is 1.16. The number of nitrogens with two attached hydrogens (primary N) is 1. The standard InChI is InChI=1S/C20H27BClFN6O4/c1-25-10-20(29-8-12(17(24)31)18(27-29)26-19(32)33-2)3-4-28(9-16(20)23)7-11-5-15(30)13(21)6-14(11)22/h5-6,8,16,25,30H,3-4,7,9-10,21H2,1-2H3,(H2,24,31)(H,26,27,32). The molecule has 1 saturated heterocycles. The van der Waals surface area contributed by atoms with Crippen LogP contribution in [0, 0.1) is 0 Å². The summed E-state index contributed by atoms with van der Waals surface area (Å²) in [5.41, 5.74) is 5.63. The molecule has 0 spiro atoms. The van der Waals surface area contributed by atoms with Crippen molar-refractivity contribution in [3.63, 3.8) is 0 Å². The molecule has 3 rings (SSSR count). The first-order valence-electron chi connectivity index (χ1n) is 10.3. The molecule has 0 radical (unpaired) electrons. The highest BCUT2D eigenvalue weighted by Crippen LogP contribution is 2.35. The second kappa shape index (κ2) is 9.98. The number of likely N-dealkylation sites (tertiary alicyclic amines) is 1. The van der Waals surface area contributed by atoms with E-state index < -0.39 is 23.7 Å². The highest BCUT2D eigenvalue weighted by molar-refractivity contribution is 6.37. The average Bonchev–Trinajstić information content (AvgIpc) is 3.18. The normalized spacial score (nSPS) is 21.0. The van der Waals surface area contributed by atoms with Gasteiger partial charge in [0, 0.05) is 37.4 Å². The van der Waals surface area contributed by atoms with Gasteiger partial charge in [-0.15, -0.1) is 0 Å². The number of nitrogens with one attached hydrogen (secondary N) is 2. The summed E-state index contributed by atoms with van der Waals surface area (Å²) in [6.07, 6.45) is -0.511. The molecule has 0 saturated carbocycles. The van der Waals surface area contributed by atoms with Crippen molar-refractivity contribution in [2.24, 2.45) is 5.73 Å². The molecule has 1 fully saturated rings. The van der Waals surface area contributed by atoms with Crippen LogP contribution in [0.25, 0.3) is 0 Å². The van der Waals surface area contributed by atoms with Crippen LogP contribution in [0.4, 0.5) is 15.0 Å². The van der Waals surface area contributed by atoms with Crippen molar-refractivity contribution in [1.82, 2.24) is 20.0 Å². The van der Waals surface area contributed by atoms with Gasteiger partial charge in [0.05, 0.1) is 7.11 Å². The molecular formula is C20H27BClFN6O4. The van der Waals surface area contributed by atoms with Gasteiger partial charge in [0.1, 0.15) is 30.9 Å². The third-order valence-electron chi connectivity index (χ3n) is 5.95. The Hall–Kier alpha value is -2.83. The minimum Gasteiger partial charge on any atom is -0.509 e. The number of carbonyl (C=O) groups is 2. The first-order chi connectivity index (χ1) is 15.6. The fourth-order valence-corrected chi connectivity index (χ4v) is 4.35. The van der Waals surface area contributed by atoms with Gasteiger partial charge in [-0.05, 0) is 36.6 Å². The summed E-state index contributed by atoms with van der Waals surface area (Å²) >= 11 is 6.32. The Kier molecular flexibility index (Phi) is 7.50. The van der Waals surface area contributed by atoms with Gasteiger partial charge in [0.15, 0.2) is 5.82 Å². The lowest BCUT2D eigenvalue weighted by Gasteiger charge is -2.44. The molecule has 1 aliphatic heterocycles. The van der Waals surface area contributed by atoms with Gasteiger partial charge in [-0.25, -0.2) is 9.18 Å². The Balaban J connectivity index is 1.87. The number of phenolic OH excluding ortho intramolecular Hbond substituents is 1. The summed E-state index contributed by atoms with van der Waals surface area (Å²) in [4.78, 5) is 25.4. The number of hydrogen-bond acceptors (Lipinski definition) is 7. The quantitative estimate of drug-likeness (QED) is 0.408. The number of amides is 2. The number of likely N-dealkylation sites (N-methyl/N-ethyl adjacent to an activating group) is 1. The second-order valence-corrected chi connectivity index (χ2v) is 8.54. The molecule has 5 N–H and O–H groups in total. The Morgan fingerprint density at radius 2 is 2.21 bits per heavy atom. The number of nitrogens with zero attached hydrogens (tertiary/aromatic N) is 3. The number of alkyl halides is 1. The lowest BCUT2D eigenvalue weighted by atomic mass is 9.85.